The van der Waals surface area contributed by atoms with Crippen molar-refractivity contribution in [2.45, 2.75) is 24.0 Å². The average molecular weight is 287 g/mol. The normalized spacial score (nSPS) is 11.2. The molecule has 1 N–H and O–H groups in total. The Morgan fingerprint density at radius 3 is 2.39 bits per heavy atom. The van der Waals surface area contributed by atoms with Crippen molar-refractivity contribution >= 4 is 28.4 Å². The van der Waals surface area contributed by atoms with Gasteiger partial charge in [-0.3, -0.25) is 4.79 Å². The number of rotatable bonds is 6. The lowest BCUT2D eigenvalue weighted by Gasteiger charge is -2.05. The van der Waals surface area contributed by atoms with Gasteiger partial charge in [0.1, 0.15) is 0 Å². The zero-order valence-electron chi connectivity index (χ0n) is 10.2. The Labute approximate surface area is 113 Å². The van der Waals surface area contributed by atoms with E-state index in [9.17, 15) is 13.2 Å². The van der Waals surface area contributed by atoms with E-state index in [1.165, 1.54) is 6.92 Å². The van der Waals surface area contributed by atoms with Crippen LogP contribution in [-0.4, -0.2) is 26.6 Å². The summed E-state index contributed by atoms with van der Waals surface area (Å²) in [5.74, 6) is 0.474. The third kappa shape index (κ3) is 4.70. The minimum absolute atomic E-state index is 0.0352. The fraction of sp³-hybridized carbons (Fsp3) is 0.417. The van der Waals surface area contributed by atoms with Gasteiger partial charge in [0, 0.05) is 19.2 Å². The first-order valence-corrected chi connectivity index (χ1v) is 7.91. The van der Waals surface area contributed by atoms with Crippen LogP contribution < -0.4 is 5.32 Å². The van der Waals surface area contributed by atoms with E-state index in [0.717, 1.165) is 5.56 Å². The molecular formula is C12H17NO3S2. The fourth-order valence-corrected chi connectivity index (χ4v) is 2.97. The minimum atomic E-state index is -3.26. The summed E-state index contributed by atoms with van der Waals surface area (Å²) in [6, 6.07) is 6.71. The van der Waals surface area contributed by atoms with E-state index in [4.69, 9.17) is 0 Å². The number of hydrogen-bond acceptors (Lipinski definition) is 4. The zero-order valence-corrected chi connectivity index (χ0v) is 11.9. The van der Waals surface area contributed by atoms with Crippen LogP contribution in [0.2, 0.25) is 0 Å². The first kappa shape index (κ1) is 15.0. The number of amides is 1. The molecule has 0 aliphatic rings. The van der Waals surface area contributed by atoms with Crippen LogP contribution in [0.15, 0.2) is 29.2 Å². The highest BCUT2D eigenvalue weighted by molar-refractivity contribution is 7.91. The molecule has 1 amide bonds. The molecule has 18 heavy (non-hydrogen) atoms. The van der Waals surface area contributed by atoms with Gasteiger partial charge >= 0.3 is 0 Å². The molecule has 0 unspecified atom stereocenters. The molecule has 0 aliphatic heterocycles. The van der Waals surface area contributed by atoms with Crippen molar-refractivity contribution in [2.24, 2.45) is 0 Å². The summed E-state index contributed by atoms with van der Waals surface area (Å²) < 4.78 is 23.9. The maximum absolute atomic E-state index is 11.9. The van der Waals surface area contributed by atoms with Crippen LogP contribution in [0, 0.1) is 0 Å². The topological polar surface area (TPSA) is 63.2 Å². The van der Waals surface area contributed by atoms with Gasteiger partial charge in [-0.15, -0.1) is 0 Å². The number of hydrogen-bond donors (Lipinski definition) is 2. The second kappa shape index (κ2) is 6.80. The Hall–Kier alpha value is -1.01. The van der Waals surface area contributed by atoms with E-state index in [1.807, 2.05) is 0 Å². The van der Waals surface area contributed by atoms with Gasteiger partial charge in [0.15, 0.2) is 9.84 Å². The van der Waals surface area contributed by atoms with Crippen molar-refractivity contribution in [3.63, 3.8) is 0 Å². The maximum atomic E-state index is 11.9. The van der Waals surface area contributed by atoms with Crippen LogP contribution in [0.1, 0.15) is 18.9 Å². The Morgan fingerprint density at radius 1 is 1.28 bits per heavy atom. The molecule has 0 radical (unpaired) electrons. The summed E-state index contributed by atoms with van der Waals surface area (Å²) >= 11 is 4.12. The number of carbonyl (C=O) groups excluding carboxylic acids is 1. The molecule has 4 nitrogen and oxygen atoms in total. The molecule has 0 saturated heterocycles. The van der Waals surface area contributed by atoms with Crippen molar-refractivity contribution in [1.82, 2.24) is 5.32 Å². The van der Waals surface area contributed by atoms with Gasteiger partial charge in [-0.05, 0) is 24.1 Å². The van der Waals surface area contributed by atoms with Crippen LogP contribution in [0.4, 0.5) is 0 Å². The molecule has 0 spiro atoms. The van der Waals surface area contributed by atoms with E-state index in [0.29, 0.717) is 23.6 Å². The molecule has 1 aromatic rings. The van der Waals surface area contributed by atoms with Crippen LogP contribution in [0.25, 0.3) is 0 Å². The third-order valence-corrected chi connectivity index (χ3v) is 4.61. The van der Waals surface area contributed by atoms with E-state index in [2.05, 4.69) is 17.9 Å². The Morgan fingerprint density at radius 2 is 1.89 bits per heavy atom. The van der Waals surface area contributed by atoms with Crippen LogP contribution in [-0.2, 0) is 20.4 Å². The maximum Gasteiger partial charge on any atom is 0.216 e. The molecular weight excluding hydrogens is 270 g/mol. The SMILES string of the molecule is CC(=O)NCCCS(=O)(=O)c1ccc(CS)cc1. The fourth-order valence-electron chi connectivity index (χ4n) is 1.45. The summed E-state index contributed by atoms with van der Waals surface area (Å²) in [6.07, 6.45) is 0.413. The van der Waals surface area contributed by atoms with E-state index < -0.39 is 9.84 Å². The first-order valence-electron chi connectivity index (χ1n) is 5.62. The standard InChI is InChI=1S/C12H17NO3S2/c1-10(14)13-7-2-8-18(15,16)12-5-3-11(9-17)4-6-12/h3-6,17H,2,7-9H2,1H3,(H,13,14). The highest BCUT2D eigenvalue weighted by Gasteiger charge is 2.13. The molecule has 0 fully saturated rings. The third-order valence-electron chi connectivity index (χ3n) is 2.43. The Bertz CT molecular complexity index is 495. The summed E-state index contributed by atoms with van der Waals surface area (Å²) in [6.45, 7) is 1.79. The predicted octanol–water partition coefficient (Wildman–Crippen LogP) is 1.42. The molecule has 0 aromatic heterocycles. The molecule has 0 aliphatic carbocycles. The largest absolute Gasteiger partial charge is 0.356 e. The van der Waals surface area contributed by atoms with E-state index in [1.54, 1.807) is 24.3 Å². The van der Waals surface area contributed by atoms with Crippen molar-refractivity contribution in [3.8, 4) is 0 Å². The quantitative estimate of drug-likeness (QED) is 0.614. The highest BCUT2D eigenvalue weighted by Crippen LogP contribution is 2.14. The van der Waals surface area contributed by atoms with Crippen molar-refractivity contribution in [1.29, 1.82) is 0 Å². The summed E-state index contributed by atoms with van der Waals surface area (Å²) in [4.78, 5) is 11.0. The summed E-state index contributed by atoms with van der Waals surface area (Å²) in [5, 5.41) is 2.57. The number of sulfone groups is 1. The van der Waals surface area contributed by atoms with Gasteiger partial charge in [-0.1, -0.05) is 12.1 Å². The number of carbonyl (C=O) groups is 1. The number of benzene rings is 1. The van der Waals surface area contributed by atoms with E-state index >= 15 is 0 Å². The highest BCUT2D eigenvalue weighted by atomic mass is 32.2. The second-order valence-electron chi connectivity index (χ2n) is 3.96. The van der Waals surface area contributed by atoms with Crippen molar-refractivity contribution < 1.29 is 13.2 Å². The molecule has 0 saturated carbocycles. The lowest BCUT2D eigenvalue weighted by atomic mass is 10.2. The molecule has 0 bridgehead atoms. The molecule has 1 aromatic carbocycles. The van der Waals surface area contributed by atoms with E-state index in [-0.39, 0.29) is 11.7 Å². The predicted molar refractivity (Wildman–Crippen MR) is 74.5 cm³/mol. The lowest BCUT2D eigenvalue weighted by Crippen LogP contribution is -2.23. The van der Waals surface area contributed by atoms with Gasteiger partial charge in [0.25, 0.3) is 0 Å². The monoisotopic (exact) mass is 287 g/mol. The first-order chi connectivity index (χ1) is 8.45. The van der Waals surface area contributed by atoms with Gasteiger partial charge < -0.3 is 5.32 Å². The minimum Gasteiger partial charge on any atom is -0.356 e. The van der Waals surface area contributed by atoms with Gasteiger partial charge in [-0.2, -0.15) is 12.6 Å². The van der Waals surface area contributed by atoms with Crippen molar-refractivity contribution in [3.05, 3.63) is 29.8 Å². The summed E-state index contributed by atoms with van der Waals surface area (Å²) in [7, 11) is -3.26. The van der Waals surface area contributed by atoms with Crippen LogP contribution >= 0.6 is 12.6 Å². The van der Waals surface area contributed by atoms with Crippen LogP contribution in [0.5, 0.6) is 0 Å². The lowest BCUT2D eigenvalue weighted by molar-refractivity contribution is -0.118. The molecule has 100 valence electrons. The molecule has 0 atom stereocenters. The number of nitrogens with one attached hydrogen (secondary N) is 1. The average Bonchev–Trinajstić information content (AvgIpc) is 2.34. The van der Waals surface area contributed by atoms with Crippen LogP contribution in [0.3, 0.4) is 0 Å². The number of thiol groups is 1. The zero-order chi connectivity index (χ0) is 13.6. The summed E-state index contributed by atoms with van der Waals surface area (Å²) in [5.41, 5.74) is 0.982. The van der Waals surface area contributed by atoms with Gasteiger partial charge in [-0.25, -0.2) is 8.42 Å². The molecule has 6 heteroatoms. The molecule has 0 heterocycles. The Balaban J connectivity index is 2.59. The second-order valence-corrected chi connectivity index (χ2v) is 6.38. The van der Waals surface area contributed by atoms with Gasteiger partial charge in [0.05, 0.1) is 10.6 Å². The molecule has 1 rings (SSSR count). The van der Waals surface area contributed by atoms with Crippen molar-refractivity contribution in [2.75, 3.05) is 12.3 Å². The van der Waals surface area contributed by atoms with Gasteiger partial charge in [0.2, 0.25) is 5.91 Å². The Kier molecular flexibility index (Phi) is 5.68. The smallest absolute Gasteiger partial charge is 0.216 e.